The number of nitrogens with zero attached hydrogens (tertiary/aromatic N) is 2. The van der Waals surface area contributed by atoms with E-state index in [1.165, 1.54) is 28.3 Å². The van der Waals surface area contributed by atoms with Gasteiger partial charge in [-0.1, -0.05) is 11.8 Å². The maximum Gasteiger partial charge on any atom is 0.221 e. The number of hydrogen-bond donors (Lipinski definition) is 2. The van der Waals surface area contributed by atoms with Gasteiger partial charge in [0.15, 0.2) is 28.8 Å². The number of benzene rings is 2. The van der Waals surface area contributed by atoms with E-state index in [-0.39, 0.29) is 11.7 Å². The first-order chi connectivity index (χ1) is 16.3. The van der Waals surface area contributed by atoms with Crippen molar-refractivity contribution in [1.82, 2.24) is 9.97 Å². The highest BCUT2D eigenvalue weighted by Crippen LogP contribution is 2.35. The monoisotopic (exact) mass is 462 g/mol. The van der Waals surface area contributed by atoms with Crippen LogP contribution in [0.25, 0.3) is 0 Å². The van der Waals surface area contributed by atoms with Gasteiger partial charge in [0.05, 0.1) is 39.6 Å². The van der Waals surface area contributed by atoms with E-state index in [4.69, 9.17) is 30.4 Å². The summed E-state index contributed by atoms with van der Waals surface area (Å²) in [5, 5.41) is 0. The van der Waals surface area contributed by atoms with Crippen LogP contribution < -0.4 is 30.4 Å². The van der Waals surface area contributed by atoms with Gasteiger partial charge in [-0.3, -0.25) is 4.79 Å². The molecule has 9 heteroatoms. The molecule has 1 aromatic heterocycles. The standard InChI is InChI=1S/C25H26N4O5/c1-14(30)18-11-17(23(34-5)21(12-18)32-3)7-6-16-8-15(10-20(31-2)22(16)33-4)9-19-13-28-25(27)29-24(19)26/h8,10-13H,9H2,1-5H3,(H4,26,27,28,29). The number of ether oxygens (including phenoxy) is 4. The lowest BCUT2D eigenvalue weighted by Gasteiger charge is -2.13. The van der Waals surface area contributed by atoms with Gasteiger partial charge in [-0.25, -0.2) is 4.98 Å². The second-order valence-corrected chi connectivity index (χ2v) is 7.26. The van der Waals surface area contributed by atoms with E-state index >= 15 is 0 Å². The van der Waals surface area contributed by atoms with Crippen molar-refractivity contribution in [3.05, 3.63) is 58.3 Å². The number of nitrogens with two attached hydrogens (primary N) is 2. The van der Waals surface area contributed by atoms with Gasteiger partial charge < -0.3 is 30.4 Å². The molecule has 0 fully saturated rings. The summed E-state index contributed by atoms with van der Waals surface area (Å²) in [6.45, 7) is 1.47. The fourth-order valence-corrected chi connectivity index (χ4v) is 3.40. The molecule has 0 atom stereocenters. The molecular formula is C25H26N4O5. The molecule has 34 heavy (non-hydrogen) atoms. The topological polar surface area (TPSA) is 132 Å². The molecule has 0 radical (unpaired) electrons. The zero-order valence-electron chi connectivity index (χ0n) is 19.7. The minimum absolute atomic E-state index is 0.109. The quantitative estimate of drug-likeness (QED) is 0.402. The van der Waals surface area contributed by atoms with Crippen LogP contribution in [0.1, 0.15) is 39.5 Å². The molecule has 0 saturated carbocycles. The van der Waals surface area contributed by atoms with Gasteiger partial charge in [0.1, 0.15) is 5.82 Å². The Bertz CT molecular complexity index is 1290. The van der Waals surface area contributed by atoms with Crippen molar-refractivity contribution in [2.45, 2.75) is 13.3 Å². The van der Waals surface area contributed by atoms with E-state index in [9.17, 15) is 4.79 Å². The number of methoxy groups -OCH3 is 4. The minimum atomic E-state index is -0.117. The average molecular weight is 463 g/mol. The lowest BCUT2D eigenvalue weighted by molar-refractivity contribution is 0.101. The number of hydrogen-bond acceptors (Lipinski definition) is 9. The van der Waals surface area contributed by atoms with Crippen LogP contribution in [0, 0.1) is 11.8 Å². The first-order valence-electron chi connectivity index (χ1n) is 10.2. The Morgan fingerprint density at radius 1 is 0.882 bits per heavy atom. The first-order valence-corrected chi connectivity index (χ1v) is 10.2. The summed E-state index contributed by atoms with van der Waals surface area (Å²) in [6.07, 6.45) is 2.02. The summed E-state index contributed by atoms with van der Waals surface area (Å²) < 4.78 is 22.0. The molecule has 3 aromatic rings. The van der Waals surface area contributed by atoms with Crippen LogP contribution in [0.4, 0.5) is 11.8 Å². The van der Waals surface area contributed by atoms with E-state index < -0.39 is 0 Å². The van der Waals surface area contributed by atoms with E-state index in [0.29, 0.717) is 57.5 Å². The van der Waals surface area contributed by atoms with Crippen LogP contribution >= 0.6 is 0 Å². The van der Waals surface area contributed by atoms with E-state index in [2.05, 4.69) is 21.8 Å². The molecule has 1 heterocycles. The molecule has 4 N–H and O–H groups in total. The van der Waals surface area contributed by atoms with Crippen LogP contribution in [0.5, 0.6) is 23.0 Å². The predicted octanol–water partition coefficient (Wildman–Crippen LogP) is 2.87. The van der Waals surface area contributed by atoms with Gasteiger partial charge in [0, 0.05) is 23.7 Å². The molecule has 9 nitrogen and oxygen atoms in total. The largest absolute Gasteiger partial charge is 0.493 e. The highest BCUT2D eigenvalue weighted by molar-refractivity contribution is 5.95. The maximum absolute atomic E-state index is 12.0. The Hall–Kier alpha value is -4.45. The second-order valence-electron chi connectivity index (χ2n) is 7.26. The third kappa shape index (κ3) is 5.13. The number of Topliss-reactive ketones (excluding diaryl/α,β-unsaturated/α-hetero) is 1. The van der Waals surface area contributed by atoms with Gasteiger partial charge in [-0.15, -0.1) is 0 Å². The molecule has 0 aliphatic rings. The van der Waals surface area contributed by atoms with Crippen molar-refractivity contribution in [2.24, 2.45) is 0 Å². The first kappa shape index (κ1) is 24.2. The maximum atomic E-state index is 12.0. The number of carbonyl (C=O) groups is 1. The zero-order valence-corrected chi connectivity index (χ0v) is 19.7. The molecule has 0 saturated heterocycles. The third-order valence-corrected chi connectivity index (χ3v) is 5.07. The minimum Gasteiger partial charge on any atom is -0.493 e. The van der Waals surface area contributed by atoms with Crippen molar-refractivity contribution in [1.29, 1.82) is 0 Å². The summed E-state index contributed by atoms with van der Waals surface area (Å²) >= 11 is 0. The van der Waals surface area contributed by atoms with Crippen LogP contribution in [0.3, 0.4) is 0 Å². The smallest absolute Gasteiger partial charge is 0.221 e. The fraction of sp³-hybridized carbons (Fsp3) is 0.240. The zero-order chi connectivity index (χ0) is 24.8. The highest BCUT2D eigenvalue weighted by Gasteiger charge is 2.15. The summed E-state index contributed by atoms with van der Waals surface area (Å²) in [4.78, 5) is 20.0. The van der Waals surface area contributed by atoms with Gasteiger partial charge in [0.25, 0.3) is 0 Å². The Kier molecular flexibility index (Phi) is 7.43. The summed E-state index contributed by atoms with van der Waals surface area (Å²) in [5.74, 6) is 8.29. The normalized spacial score (nSPS) is 10.1. The molecule has 0 spiro atoms. The number of aromatic nitrogens is 2. The van der Waals surface area contributed by atoms with E-state index in [0.717, 1.165) is 5.56 Å². The SMILES string of the molecule is COc1cc(Cc2cnc(N)nc2N)cc(C#Cc2cc(C(C)=O)cc(OC)c2OC)c1OC. The molecule has 0 amide bonds. The highest BCUT2D eigenvalue weighted by atomic mass is 16.5. The van der Waals surface area contributed by atoms with E-state index in [1.54, 1.807) is 25.4 Å². The lowest BCUT2D eigenvalue weighted by Crippen LogP contribution is -2.04. The van der Waals surface area contributed by atoms with Crippen LogP contribution in [0.15, 0.2) is 30.5 Å². The lowest BCUT2D eigenvalue weighted by atomic mass is 10.0. The molecule has 2 aromatic carbocycles. The van der Waals surface area contributed by atoms with Crippen LogP contribution in [-0.2, 0) is 6.42 Å². The van der Waals surface area contributed by atoms with Crippen LogP contribution in [0.2, 0.25) is 0 Å². The van der Waals surface area contributed by atoms with Gasteiger partial charge >= 0.3 is 0 Å². The van der Waals surface area contributed by atoms with Gasteiger partial charge in [-0.05, 0) is 36.8 Å². The second kappa shape index (κ2) is 10.4. The number of anilines is 2. The number of carbonyl (C=O) groups excluding carboxylic acids is 1. The molecule has 0 unspecified atom stereocenters. The molecule has 3 rings (SSSR count). The fourth-order valence-electron chi connectivity index (χ4n) is 3.40. The summed E-state index contributed by atoms with van der Waals surface area (Å²) in [6, 6.07) is 6.98. The third-order valence-electron chi connectivity index (χ3n) is 5.07. The summed E-state index contributed by atoms with van der Waals surface area (Å²) in [5.41, 5.74) is 14.7. The Morgan fingerprint density at radius 3 is 2.00 bits per heavy atom. The van der Waals surface area contributed by atoms with Crippen LogP contribution in [-0.4, -0.2) is 44.2 Å². The van der Waals surface area contributed by atoms with Crippen molar-refractivity contribution < 1.29 is 23.7 Å². The van der Waals surface area contributed by atoms with Gasteiger partial charge in [-0.2, -0.15) is 4.98 Å². The molecule has 0 bridgehead atoms. The number of nitrogen functional groups attached to an aromatic ring is 2. The Balaban J connectivity index is 2.13. The molecule has 0 aliphatic heterocycles. The summed E-state index contributed by atoms with van der Waals surface area (Å²) in [7, 11) is 6.10. The van der Waals surface area contributed by atoms with E-state index in [1.807, 2.05) is 12.1 Å². The predicted molar refractivity (Wildman–Crippen MR) is 129 cm³/mol. The Morgan fingerprint density at radius 2 is 1.47 bits per heavy atom. The average Bonchev–Trinajstić information content (AvgIpc) is 2.83. The molecular weight excluding hydrogens is 436 g/mol. The van der Waals surface area contributed by atoms with Crippen molar-refractivity contribution in [2.75, 3.05) is 39.9 Å². The Labute approximate surface area is 198 Å². The molecule has 176 valence electrons. The molecule has 0 aliphatic carbocycles. The van der Waals surface area contributed by atoms with Crippen molar-refractivity contribution in [3.8, 4) is 34.8 Å². The number of rotatable bonds is 7. The number of ketones is 1. The van der Waals surface area contributed by atoms with Crippen molar-refractivity contribution >= 4 is 17.5 Å². The van der Waals surface area contributed by atoms with Crippen molar-refractivity contribution in [3.63, 3.8) is 0 Å². The van der Waals surface area contributed by atoms with Gasteiger partial charge in [0.2, 0.25) is 5.95 Å².